The molecule has 2 aromatic heterocycles. The van der Waals surface area contributed by atoms with E-state index >= 15 is 0 Å². The minimum absolute atomic E-state index is 0.452. The largest absolute Gasteiger partial charge is 0.450 e. The van der Waals surface area contributed by atoms with E-state index in [0.717, 1.165) is 60.6 Å². The summed E-state index contributed by atoms with van der Waals surface area (Å²) in [5.41, 5.74) is 2.46. The van der Waals surface area contributed by atoms with Crippen molar-refractivity contribution in [2.75, 3.05) is 45.1 Å². The van der Waals surface area contributed by atoms with Gasteiger partial charge in [0.25, 0.3) is 0 Å². The number of hydrogen-bond donors (Lipinski definition) is 1. The van der Waals surface area contributed by atoms with Crippen LogP contribution in [0.1, 0.15) is 6.92 Å². The second-order valence-electron chi connectivity index (χ2n) is 6.57. The number of nitrogens with one attached hydrogen (secondary N) is 1. The van der Waals surface area contributed by atoms with E-state index in [4.69, 9.17) is 4.42 Å². The lowest BCUT2D eigenvalue weighted by atomic mass is 10.2. The van der Waals surface area contributed by atoms with Crippen LogP contribution in [0.5, 0.6) is 0 Å². The molecule has 0 aliphatic carbocycles. The van der Waals surface area contributed by atoms with Crippen molar-refractivity contribution in [3.63, 3.8) is 0 Å². The first-order chi connectivity index (χ1) is 11.7. The molecule has 0 spiro atoms. The molecular weight excluding hydrogens is 302 g/mol. The van der Waals surface area contributed by atoms with Crippen molar-refractivity contribution in [3.05, 3.63) is 30.6 Å². The summed E-state index contributed by atoms with van der Waals surface area (Å²) in [4.78, 5) is 13.7. The molecule has 1 N–H and O–H groups in total. The SMILES string of the molecule is CC(CNc1ncnc2c1oc1ccccc12)N1CCN(C)CC1. The van der Waals surface area contributed by atoms with Gasteiger partial charge in [-0.05, 0) is 26.1 Å². The second-order valence-corrected chi connectivity index (χ2v) is 6.57. The predicted octanol–water partition coefficient (Wildman–Crippen LogP) is 2.42. The third kappa shape index (κ3) is 2.83. The normalized spacial score (nSPS) is 18.2. The van der Waals surface area contributed by atoms with Gasteiger partial charge in [0.05, 0.1) is 0 Å². The number of aromatic nitrogens is 2. The number of anilines is 1. The Hall–Kier alpha value is -2.18. The lowest BCUT2D eigenvalue weighted by Crippen LogP contribution is -2.49. The van der Waals surface area contributed by atoms with Crippen molar-refractivity contribution in [2.45, 2.75) is 13.0 Å². The molecule has 0 bridgehead atoms. The first-order valence-electron chi connectivity index (χ1n) is 8.51. The van der Waals surface area contributed by atoms with Gasteiger partial charge in [0, 0.05) is 44.2 Å². The average Bonchev–Trinajstić information content (AvgIpc) is 2.99. The van der Waals surface area contributed by atoms with E-state index in [1.807, 2.05) is 24.3 Å². The van der Waals surface area contributed by atoms with Crippen molar-refractivity contribution in [1.82, 2.24) is 19.8 Å². The van der Waals surface area contributed by atoms with E-state index in [1.54, 1.807) is 6.33 Å². The highest BCUT2D eigenvalue weighted by atomic mass is 16.3. The molecule has 0 amide bonds. The second kappa shape index (κ2) is 6.37. The minimum Gasteiger partial charge on any atom is -0.450 e. The van der Waals surface area contributed by atoms with E-state index in [1.165, 1.54) is 0 Å². The fraction of sp³-hybridized carbons (Fsp3) is 0.444. The molecule has 0 radical (unpaired) electrons. The summed E-state index contributed by atoms with van der Waals surface area (Å²) in [5.74, 6) is 0.775. The highest BCUT2D eigenvalue weighted by molar-refractivity contribution is 6.05. The van der Waals surface area contributed by atoms with Gasteiger partial charge in [-0.25, -0.2) is 9.97 Å². The van der Waals surface area contributed by atoms with Crippen LogP contribution < -0.4 is 5.32 Å². The van der Waals surface area contributed by atoms with Crippen LogP contribution in [0.25, 0.3) is 22.1 Å². The Morgan fingerprint density at radius 3 is 2.79 bits per heavy atom. The zero-order chi connectivity index (χ0) is 16.5. The van der Waals surface area contributed by atoms with Gasteiger partial charge in [0.2, 0.25) is 0 Å². The Morgan fingerprint density at radius 1 is 1.17 bits per heavy atom. The third-order valence-electron chi connectivity index (χ3n) is 4.88. The molecule has 1 aliphatic rings. The molecule has 126 valence electrons. The van der Waals surface area contributed by atoms with E-state index in [2.05, 4.69) is 39.1 Å². The van der Waals surface area contributed by atoms with Gasteiger partial charge in [0.1, 0.15) is 17.4 Å². The van der Waals surface area contributed by atoms with Gasteiger partial charge in [-0.1, -0.05) is 12.1 Å². The summed E-state index contributed by atoms with van der Waals surface area (Å²) in [6, 6.07) is 8.43. The van der Waals surface area contributed by atoms with Crippen LogP contribution in [0, 0.1) is 0 Å². The van der Waals surface area contributed by atoms with E-state index in [9.17, 15) is 0 Å². The van der Waals surface area contributed by atoms with Crippen molar-refractivity contribution in [3.8, 4) is 0 Å². The maximum atomic E-state index is 5.97. The molecule has 6 heteroatoms. The van der Waals surface area contributed by atoms with Crippen LogP contribution in [0.3, 0.4) is 0 Å². The topological polar surface area (TPSA) is 57.4 Å². The Labute approximate surface area is 141 Å². The smallest absolute Gasteiger partial charge is 0.196 e. The van der Waals surface area contributed by atoms with Gasteiger partial charge in [-0.15, -0.1) is 0 Å². The van der Waals surface area contributed by atoms with Gasteiger partial charge in [-0.2, -0.15) is 0 Å². The molecule has 4 rings (SSSR count). The maximum Gasteiger partial charge on any atom is 0.196 e. The highest BCUT2D eigenvalue weighted by Gasteiger charge is 2.20. The molecule has 6 nitrogen and oxygen atoms in total. The molecule has 1 atom stereocenters. The minimum atomic E-state index is 0.452. The van der Waals surface area contributed by atoms with Crippen LogP contribution in [0.2, 0.25) is 0 Å². The number of para-hydroxylation sites is 1. The standard InChI is InChI=1S/C18H23N5O/c1-13(23-9-7-22(2)8-10-23)11-19-18-17-16(20-12-21-18)14-5-3-4-6-15(14)24-17/h3-6,12-13H,7-11H2,1-2H3,(H,19,20,21). The Bertz CT molecular complexity index is 838. The van der Waals surface area contributed by atoms with E-state index < -0.39 is 0 Å². The number of benzene rings is 1. The lowest BCUT2D eigenvalue weighted by Gasteiger charge is -2.36. The summed E-state index contributed by atoms with van der Waals surface area (Å²) in [5, 5.41) is 4.49. The monoisotopic (exact) mass is 325 g/mol. The number of hydrogen-bond acceptors (Lipinski definition) is 6. The number of piperazine rings is 1. The van der Waals surface area contributed by atoms with Gasteiger partial charge in [-0.3, -0.25) is 4.90 Å². The molecule has 1 saturated heterocycles. The van der Waals surface area contributed by atoms with E-state index in [-0.39, 0.29) is 0 Å². The molecule has 1 fully saturated rings. The van der Waals surface area contributed by atoms with Crippen molar-refractivity contribution >= 4 is 27.9 Å². The third-order valence-corrected chi connectivity index (χ3v) is 4.88. The van der Waals surface area contributed by atoms with Crippen LogP contribution in [-0.2, 0) is 0 Å². The van der Waals surface area contributed by atoms with Crippen LogP contribution in [0.15, 0.2) is 35.0 Å². The predicted molar refractivity (Wildman–Crippen MR) is 96.3 cm³/mol. The Kier molecular flexibility index (Phi) is 4.08. The molecular formula is C18H23N5O. The number of nitrogens with zero attached hydrogens (tertiary/aromatic N) is 4. The number of fused-ring (bicyclic) bond motifs is 3. The van der Waals surface area contributed by atoms with Crippen LogP contribution >= 0.6 is 0 Å². The van der Waals surface area contributed by atoms with Crippen molar-refractivity contribution in [2.24, 2.45) is 0 Å². The Balaban J connectivity index is 1.52. The Morgan fingerprint density at radius 2 is 1.96 bits per heavy atom. The van der Waals surface area contributed by atoms with Crippen LogP contribution in [0.4, 0.5) is 5.82 Å². The van der Waals surface area contributed by atoms with Gasteiger partial charge < -0.3 is 14.6 Å². The molecule has 3 aromatic rings. The quantitative estimate of drug-likeness (QED) is 0.795. The first kappa shape index (κ1) is 15.4. The summed E-state index contributed by atoms with van der Waals surface area (Å²) in [7, 11) is 2.18. The first-order valence-corrected chi connectivity index (χ1v) is 8.51. The fourth-order valence-corrected chi connectivity index (χ4v) is 3.29. The number of furan rings is 1. The van der Waals surface area contributed by atoms with Crippen molar-refractivity contribution in [1.29, 1.82) is 0 Å². The average molecular weight is 325 g/mol. The molecule has 1 unspecified atom stereocenters. The summed E-state index contributed by atoms with van der Waals surface area (Å²) >= 11 is 0. The maximum absolute atomic E-state index is 5.97. The van der Waals surface area contributed by atoms with E-state index in [0.29, 0.717) is 6.04 Å². The summed E-state index contributed by atoms with van der Waals surface area (Å²) in [6.07, 6.45) is 1.60. The number of rotatable bonds is 4. The number of likely N-dealkylation sites (N-methyl/N-ethyl adjacent to an activating group) is 1. The molecule has 0 saturated carbocycles. The lowest BCUT2D eigenvalue weighted by molar-refractivity contribution is 0.123. The fourth-order valence-electron chi connectivity index (χ4n) is 3.29. The zero-order valence-corrected chi connectivity index (χ0v) is 14.2. The molecule has 24 heavy (non-hydrogen) atoms. The molecule has 1 aliphatic heterocycles. The van der Waals surface area contributed by atoms with Crippen molar-refractivity contribution < 1.29 is 4.42 Å². The zero-order valence-electron chi connectivity index (χ0n) is 14.2. The van der Waals surface area contributed by atoms with Gasteiger partial charge in [0.15, 0.2) is 11.4 Å². The summed E-state index contributed by atoms with van der Waals surface area (Å²) in [6.45, 7) is 7.59. The molecule has 1 aromatic carbocycles. The molecule has 3 heterocycles. The van der Waals surface area contributed by atoms with Gasteiger partial charge >= 0.3 is 0 Å². The van der Waals surface area contributed by atoms with Crippen LogP contribution in [-0.4, -0.2) is 65.6 Å². The summed E-state index contributed by atoms with van der Waals surface area (Å²) < 4.78 is 5.97. The highest BCUT2D eigenvalue weighted by Crippen LogP contribution is 2.30.